The molecule has 26 nitrogen and oxygen atoms in total. The highest BCUT2D eigenvalue weighted by Crippen LogP contribution is 2.39. The molecule has 1 amide bonds. The van der Waals surface area contributed by atoms with Gasteiger partial charge in [0.1, 0.15) is 41.3 Å². The molecule has 7 atom stereocenters. The topological polar surface area (TPSA) is 371 Å². The van der Waals surface area contributed by atoms with Crippen molar-refractivity contribution >= 4 is 62.6 Å². The van der Waals surface area contributed by atoms with Gasteiger partial charge >= 0.3 is 28.2 Å². The van der Waals surface area contributed by atoms with Crippen LogP contribution in [0.15, 0.2) is 78.2 Å². The summed E-state index contributed by atoms with van der Waals surface area (Å²) in [6.07, 6.45) is 4.16. The van der Waals surface area contributed by atoms with Gasteiger partial charge in [0.05, 0.1) is 43.9 Å². The molecule has 0 spiro atoms. The molecule has 0 bridgehead atoms. The maximum absolute atomic E-state index is 13.2. The lowest BCUT2D eigenvalue weighted by atomic mass is 9.87. The fourth-order valence-corrected chi connectivity index (χ4v) is 8.29. The molecule has 2 aromatic carbocycles. The molecule has 410 valence electrons. The van der Waals surface area contributed by atoms with Crippen molar-refractivity contribution in [1.82, 2.24) is 34.4 Å². The van der Waals surface area contributed by atoms with Crippen molar-refractivity contribution in [3.8, 4) is 0 Å². The summed E-state index contributed by atoms with van der Waals surface area (Å²) in [5, 5.41) is 13.4. The van der Waals surface area contributed by atoms with Crippen LogP contribution in [0.4, 0.5) is 22.1 Å². The summed E-state index contributed by atoms with van der Waals surface area (Å²) in [5.41, 5.74) is 11.9. The third-order valence-corrected chi connectivity index (χ3v) is 12.7. The second-order valence-corrected chi connectivity index (χ2v) is 20.8. The van der Waals surface area contributed by atoms with Gasteiger partial charge < -0.3 is 69.8 Å². The number of hydrogen-bond acceptors (Lipinski definition) is 21. The van der Waals surface area contributed by atoms with E-state index in [1.165, 1.54) is 37.2 Å². The van der Waals surface area contributed by atoms with Gasteiger partial charge in [-0.2, -0.15) is 4.98 Å². The first-order valence-electron chi connectivity index (χ1n) is 23.4. The standard InChI is InChI=1S/C28H38N2O6.C10H14N5O5P.C9H14N3O5P/c1-18(35-8)28(5,34)25(32)23(29-26(33)36-27(2,3)4)17-19-9-11-20(12-10-19)24(31)21-13-15-22(16-14-21)30(6)7;11-9-8-10(13-4-12-9)15(5-14-8)7-2-1-6(20-7)3-19-21(16,17)18;10-7-3-4-12(9(13)11-7)8-2-1-6(17-8)5-16-18(14)15/h9-16,18,23,34H,17H2,1-8H3,(H,29,33);4-7H,1-3H2,(H2,11,12,13)(H2,16,17,18);3-4,6,8,14-15H,1-2,5H2,(H2,10,11,13). The number of carbonyl (C=O) groups is 3. The summed E-state index contributed by atoms with van der Waals surface area (Å²) < 4.78 is 44.7. The average molecular weight is 1090 g/mol. The minimum Gasteiger partial charge on any atom is -0.444 e. The zero-order valence-electron chi connectivity index (χ0n) is 42.7. The van der Waals surface area contributed by atoms with E-state index >= 15 is 0 Å². The number of alkyl carbamates (subject to hydrolysis) is 1. The Bertz CT molecular complexity index is 2800. The van der Waals surface area contributed by atoms with Gasteiger partial charge in [0.2, 0.25) is 0 Å². The Labute approximate surface area is 433 Å². The number of aromatic nitrogens is 6. The van der Waals surface area contributed by atoms with Crippen LogP contribution in [0, 0.1) is 0 Å². The SMILES string of the molecule is COC(C)C(C)(O)C(=O)C(Cc1ccc(C(=O)c2ccc(N(C)C)cc2)cc1)NC(=O)OC(C)(C)C.Nc1ccn(C2CCC(COP(O)O)O2)c(=O)n1.Nc1ncnc2c1ncn2C1CCC(COP(=O)(O)O)O1. The molecule has 0 saturated carbocycles. The number of anilines is 3. The van der Waals surface area contributed by atoms with Gasteiger partial charge in [-0.3, -0.25) is 23.2 Å². The molecule has 3 aromatic heterocycles. The largest absolute Gasteiger partial charge is 0.469 e. The number of nitrogens with one attached hydrogen (secondary N) is 1. The van der Waals surface area contributed by atoms with Crippen molar-refractivity contribution in [2.24, 2.45) is 0 Å². The van der Waals surface area contributed by atoms with Crippen LogP contribution >= 0.6 is 16.4 Å². The lowest BCUT2D eigenvalue weighted by Gasteiger charge is -2.32. The number of phosphoric acid groups is 1. The van der Waals surface area contributed by atoms with Gasteiger partial charge in [-0.1, -0.05) is 24.3 Å². The van der Waals surface area contributed by atoms with Crippen LogP contribution in [0.3, 0.4) is 0 Å². The van der Waals surface area contributed by atoms with Crippen LogP contribution in [0.25, 0.3) is 11.2 Å². The van der Waals surface area contributed by atoms with Crippen LogP contribution in [0.5, 0.6) is 0 Å². The molecule has 7 rings (SSSR count). The minimum absolute atomic E-state index is 0.0896. The number of fused-ring (bicyclic) bond motifs is 1. The number of hydrogen-bond donors (Lipinski definition) is 8. The number of nitrogens with zero attached hydrogens (tertiary/aromatic N) is 7. The monoisotopic (exact) mass is 1090 g/mol. The minimum atomic E-state index is -4.48. The number of phosphoric ester groups is 1. The van der Waals surface area contributed by atoms with Crippen LogP contribution in [-0.2, 0) is 43.8 Å². The second-order valence-electron chi connectivity index (χ2n) is 18.8. The number of amides is 1. The number of Topliss-reactive ketones (excluding diaryl/α,β-unsaturated/α-hetero) is 1. The van der Waals surface area contributed by atoms with Crippen LogP contribution < -0.4 is 27.4 Å². The molecule has 7 unspecified atom stereocenters. The van der Waals surface area contributed by atoms with E-state index in [4.69, 9.17) is 50.0 Å². The first-order valence-corrected chi connectivity index (χ1v) is 26.1. The summed E-state index contributed by atoms with van der Waals surface area (Å²) in [4.78, 5) is 103. The molecule has 28 heteroatoms. The molecule has 2 saturated heterocycles. The quantitative estimate of drug-likeness (QED) is 0.0458. The van der Waals surface area contributed by atoms with Crippen LogP contribution in [0.1, 0.15) is 94.2 Å². The molecule has 10 N–H and O–H groups in total. The Balaban J connectivity index is 0.000000225. The fraction of sp³-hybridized carbons (Fsp3) is 0.489. The van der Waals surface area contributed by atoms with Crippen molar-refractivity contribution in [3.63, 3.8) is 0 Å². The fourth-order valence-electron chi connectivity index (χ4n) is 7.63. The second kappa shape index (κ2) is 26.3. The molecule has 5 heterocycles. The van der Waals surface area contributed by atoms with Crippen LogP contribution in [0.2, 0.25) is 0 Å². The Morgan fingerprint density at radius 2 is 1.48 bits per heavy atom. The number of ketones is 2. The third-order valence-electron chi connectivity index (χ3n) is 11.8. The number of carbonyl (C=O) groups excluding carboxylic acids is 3. The van der Waals surface area contributed by atoms with Gasteiger partial charge in [0.15, 0.2) is 23.0 Å². The van der Waals surface area contributed by atoms with Gasteiger partial charge in [-0.05, 0) is 103 Å². The number of benzene rings is 2. The molecule has 2 fully saturated rings. The van der Waals surface area contributed by atoms with E-state index in [0.29, 0.717) is 53.5 Å². The van der Waals surface area contributed by atoms with E-state index in [2.05, 4.69) is 34.3 Å². The number of methoxy groups -OCH3 is 1. The first-order chi connectivity index (χ1) is 35.1. The summed E-state index contributed by atoms with van der Waals surface area (Å²) in [7, 11) is -1.60. The van der Waals surface area contributed by atoms with Gasteiger partial charge in [-0.25, -0.2) is 29.1 Å². The van der Waals surface area contributed by atoms with E-state index in [1.54, 1.807) is 75.0 Å². The molecule has 0 aliphatic carbocycles. The average Bonchev–Trinajstić information content (AvgIpc) is 4.13. The van der Waals surface area contributed by atoms with Crippen molar-refractivity contribution in [2.45, 2.75) is 115 Å². The van der Waals surface area contributed by atoms with Gasteiger partial charge in [0.25, 0.3) is 0 Å². The number of ether oxygens (including phenoxy) is 4. The van der Waals surface area contributed by atoms with Crippen molar-refractivity contribution in [1.29, 1.82) is 0 Å². The lowest BCUT2D eigenvalue weighted by molar-refractivity contribution is -0.150. The predicted molar refractivity (Wildman–Crippen MR) is 274 cm³/mol. The van der Waals surface area contributed by atoms with E-state index < -0.39 is 63.6 Å². The number of aliphatic hydroxyl groups is 1. The number of nitrogen functional groups attached to an aromatic ring is 2. The normalized spacial score (nSPS) is 19.2. The predicted octanol–water partition coefficient (Wildman–Crippen LogP) is 3.70. The molecular weight excluding hydrogens is 1020 g/mol. The van der Waals surface area contributed by atoms with E-state index in [-0.39, 0.29) is 55.5 Å². The van der Waals surface area contributed by atoms with E-state index in [9.17, 15) is 28.8 Å². The Morgan fingerprint density at radius 3 is 2.03 bits per heavy atom. The van der Waals surface area contributed by atoms with Gasteiger partial charge in [-0.15, -0.1) is 0 Å². The molecule has 5 aromatic rings. The van der Waals surface area contributed by atoms with Gasteiger partial charge in [0, 0.05) is 44.2 Å². The molecule has 2 aliphatic rings. The highest BCUT2D eigenvalue weighted by Gasteiger charge is 2.42. The highest BCUT2D eigenvalue weighted by molar-refractivity contribution is 7.46. The molecule has 75 heavy (non-hydrogen) atoms. The Morgan fingerprint density at radius 1 is 0.893 bits per heavy atom. The number of nitrogens with two attached hydrogens (primary N) is 2. The van der Waals surface area contributed by atoms with Crippen molar-refractivity contribution in [3.05, 3.63) is 101 Å². The summed E-state index contributed by atoms with van der Waals surface area (Å²) >= 11 is 0. The van der Waals surface area contributed by atoms with E-state index in [1.807, 2.05) is 31.1 Å². The Hall–Kier alpha value is -5.86. The smallest absolute Gasteiger partial charge is 0.444 e. The van der Waals surface area contributed by atoms with Crippen molar-refractivity contribution in [2.75, 3.05) is 50.8 Å². The zero-order valence-corrected chi connectivity index (χ0v) is 44.5. The summed E-state index contributed by atoms with van der Waals surface area (Å²) in [6.45, 7) is 8.02. The number of rotatable bonds is 18. The summed E-state index contributed by atoms with van der Waals surface area (Å²) in [6, 6.07) is 14.6. The third kappa shape index (κ3) is 17.6. The molecule has 2 aliphatic heterocycles. The van der Waals surface area contributed by atoms with E-state index in [0.717, 1.165) is 5.69 Å². The Kier molecular flexibility index (Phi) is 21.0. The summed E-state index contributed by atoms with van der Waals surface area (Å²) in [5.74, 6) is -0.273. The van der Waals surface area contributed by atoms with Crippen LogP contribution in [-0.4, -0.2) is 141 Å². The molecular formula is C47H66N10O16P2. The maximum atomic E-state index is 13.2. The number of imidazole rings is 1. The highest BCUT2D eigenvalue weighted by atomic mass is 31.2. The first kappa shape index (κ1) is 60.0. The van der Waals surface area contributed by atoms with Crippen molar-refractivity contribution < 1.29 is 71.6 Å². The zero-order chi connectivity index (χ0) is 55.4. The lowest BCUT2D eigenvalue weighted by Crippen LogP contribution is -2.56. The maximum Gasteiger partial charge on any atom is 0.469 e. The molecule has 0 radical (unpaired) electrons.